The molecule has 0 fully saturated rings. The van der Waals surface area contributed by atoms with Crippen molar-refractivity contribution in [2.24, 2.45) is 10.4 Å². The maximum atomic E-state index is 11.8. The Kier molecular flexibility index (Phi) is 4.39. The van der Waals surface area contributed by atoms with Crippen LogP contribution in [0.25, 0.3) is 0 Å². The van der Waals surface area contributed by atoms with Crippen LogP contribution in [0.15, 0.2) is 24.3 Å². The number of hydrogen-bond acceptors (Lipinski definition) is 18. The quantitative estimate of drug-likeness (QED) is 0.221. The molecule has 0 amide bonds. The van der Waals surface area contributed by atoms with Gasteiger partial charge in [-0.15, -0.1) is 4.86 Å². The lowest BCUT2D eigenvalue weighted by atomic mass is 10.7. The molecule has 0 unspecified atom stereocenters. The highest BCUT2D eigenvalue weighted by atomic mass is 16.7. The summed E-state index contributed by atoms with van der Waals surface area (Å²) in [6.07, 6.45) is 0. The summed E-state index contributed by atoms with van der Waals surface area (Å²) in [4.78, 5) is 22.7. The van der Waals surface area contributed by atoms with E-state index in [4.69, 9.17) is 0 Å². The maximum Gasteiger partial charge on any atom is 0.515 e. The second kappa shape index (κ2) is 6.98. The van der Waals surface area contributed by atoms with Crippen LogP contribution in [0.2, 0.25) is 0 Å². The van der Waals surface area contributed by atoms with Gasteiger partial charge >= 0.3 is 35.0 Å². The van der Waals surface area contributed by atoms with E-state index in [0.717, 1.165) is 0 Å². The lowest BCUT2D eigenvalue weighted by molar-refractivity contribution is -0.485. The number of rotatable bonds is 7. The molecule has 0 saturated carbocycles. The highest BCUT2D eigenvalue weighted by molar-refractivity contribution is 5.38. The molecular formula is C6N12O10. The van der Waals surface area contributed by atoms with E-state index in [1.807, 2.05) is 0 Å². The third-order valence-electron chi connectivity index (χ3n) is 2.45. The van der Waals surface area contributed by atoms with Crippen molar-refractivity contribution in [1.82, 2.24) is 30.9 Å². The van der Waals surface area contributed by atoms with Gasteiger partial charge in [-0.25, -0.2) is 4.63 Å². The van der Waals surface area contributed by atoms with Crippen molar-refractivity contribution >= 4 is 29.1 Å². The Balaban J connectivity index is 1.84. The summed E-state index contributed by atoms with van der Waals surface area (Å²) >= 11 is 0. The van der Waals surface area contributed by atoms with Crippen molar-refractivity contribution in [2.45, 2.75) is 0 Å². The summed E-state index contributed by atoms with van der Waals surface area (Å²) < 4.78 is 12.3. The number of azo groups is 1. The zero-order chi connectivity index (χ0) is 20.3. The molecule has 3 heterocycles. The number of hydrogen-bond donors (Lipinski definition) is 0. The summed E-state index contributed by atoms with van der Waals surface area (Å²) in [7, 11) is 0. The Morgan fingerprint density at radius 3 is 1.79 bits per heavy atom. The molecule has 0 bridgehead atoms. The minimum Gasteiger partial charge on any atom is -0.690 e. The average Bonchev–Trinajstić information content (AvgIpc) is 3.38. The van der Waals surface area contributed by atoms with Crippen LogP contribution in [-0.4, -0.2) is 50.5 Å². The van der Waals surface area contributed by atoms with Gasteiger partial charge in [-0.05, 0) is 34.5 Å². The molecule has 0 atom stereocenters. The molecule has 22 heteroatoms. The van der Waals surface area contributed by atoms with Crippen LogP contribution in [0, 0.1) is 30.6 Å². The van der Waals surface area contributed by atoms with Gasteiger partial charge in [0.1, 0.15) is 5.28 Å². The average molecular weight is 400 g/mol. The normalized spacial score (nSPS) is 12.1. The van der Waals surface area contributed by atoms with Crippen LogP contribution in [0.1, 0.15) is 0 Å². The standard InChI is InChI=1S/C6N12O10/c19-15(2-4(17(21)22)11-27-9-2)7-1-6(13-26-8-1)25-14-16(20)3-5(18(23)24)12-28-10-3/b15-7?,16-14-. The van der Waals surface area contributed by atoms with Gasteiger partial charge in [0.05, 0.1) is 0 Å². The SMILES string of the molecule is O=[N+]([O-])c1nonc1[N+]([O-])=Nc1nonc1O/N=[N+](\[O-])c1nonc1[N+](=O)[O-]. The number of nitro groups is 2. The van der Waals surface area contributed by atoms with Crippen LogP contribution < -0.4 is 4.84 Å². The van der Waals surface area contributed by atoms with Gasteiger partial charge in [-0.1, -0.05) is 4.86 Å². The van der Waals surface area contributed by atoms with Gasteiger partial charge < -0.3 is 30.6 Å². The first kappa shape index (κ1) is 17.6. The van der Waals surface area contributed by atoms with E-state index in [2.05, 4.69) is 60.1 Å². The highest BCUT2D eigenvalue weighted by Crippen LogP contribution is 2.28. The predicted molar refractivity (Wildman–Crippen MR) is 67.9 cm³/mol. The topological polar surface area (TPSA) is 289 Å². The Morgan fingerprint density at radius 1 is 0.714 bits per heavy atom. The van der Waals surface area contributed by atoms with Crippen LogP contribution >= 0.6 is 0 Å². The van der Waals surface area contributed by atoms with Crippen LogP contribution in [0.5, 0.6) is 5.88 Å². The fraction of sp³-hybridized carbons (Fsp3) is 0. The molecule has 3 aromatic rings. The van der Waals surface area contributed by atoms with Crippen molar-refractivity contribution in [3.8, 4) is 5.88 Å². The lowest BCUT2D eigenvalue weighted by Gasteiger charge is -1.98. The second-order valence-corrected chi connectivity index (χ2v) is 4.05. The third kappa shape index (κ3) is 3.30. The molecule has 0 aliphatic carbocycles. The Labute approximate surface area is 146 Å². The molecule has 22 nitrogen and oxygen atoms in total. The van der Waals surface area contributed by atoms with Crippen molar-refractivity contribution < 1.29 is 38.3 Å². The minimum absolute atomic E-state index is 0.428. The van der Waals surface area contributed by atoms with Crippen molar-refractivity contribution in [1.29, 1.82) is 0 Å². The number of aromatic nitrogens is 6. The highest BCUT2D eigenvalue weighted by Gasteiger charge is 2.35. The Bertz CT molecular complexity index is 1090. The van der Waals surface area contributed by atoms with Crippen LogP contribution in [0.4, 0.5) is 29.1 Å². The first-order chi connectivity index (χ1) is 13.4. The molecule has 0 aliphatic heterocycles. The summed E-state index contributed by atoms with van der Waals surface area (Å²) in [5.41, 5.74) is 0. The van der Waals surface area contributed by atoms with E-state index >= 15 is 0 Å². The molecule has 3 rings (SSSR count). The molecule has 28 heavy (non-hydrogen) atoms. The van der Waals surface area contributed by atoms with E-state index < -0.39 is 54.5 Å². The summed E-state index contributed by atoms with van der Waals surface area (Å²) in [6, 6.07) is 0. The molecule has 0 aromatic carbocycles. The van der Waals surface area contributed by atoms with E-state index in [-0.39, 0.29) is 0 Å². The molecule has 0 N–H and O–H groups in total. The molecule has 0 aliphatic rings. The Hall–Kier alpha value is -5.18. The van der Waals surface area contributed by atoms with E-state index in [9.17, 15) is 30.6 Å². The van der Waals surface area contributed by atoms with Crippen LogP contribution in [-0.2, 0) is 0 Å². The molecule has 3 aromatic heterocycles. The van der Waals surface area contributed by atoms with Gasteiger partial charge in [0.25, 0.3) is 0 Å². The first-order valence-electron chi connectivity index (χ1n) is 6.19. The largest absolute Gasteiger partial charge is 0.690 e. The van der Waals surface area contributed by atoms with E-state index in [1.165, 1.54) is 0 Å². The first-order valence-corrected chi connectivity index (χ1v) is 6.19. The Morgan fingerprint density at radius 2 is 1.21 bits per heavy atom. The molecule has 0 radical (unpaired) electrons. The summed E-state index contributed by atoms with van der Waals surface area (Å²) in [5.74, 6) is -5.60. The zero-order valence-corrected chi connectivity index (χ0v) is 12.4. The fourth-order valence-electron chi connectivity index (χ4n) is 1.37. The predicted octanol–water partition coefficient (Wildman–Crippen LogP) is 0.166. The molecule has 0 saturated heterocycles. The zero-order valence-electron chi connectivity index (χ0n) is 12.4. The fourth-order valence-corrected chi connectivity index (χ4v) is 1.37. The van der Waals surface area contributed by atoms with Gasteiger partial charge in [0, 0.05) is 0 Å². The maximum absolute atomic E-state index is 11.8. The molecule has 144 valence electrons. The third-order valence-corrected chi connectivity index (χ3v) is 2.45. The van der Waals surface area contributed by atoms with Gasteiger partial charge in [-0.2, -0.15) is 0 Å². The van der Waals surface area contributed by atoms with Crippen molar-refractivity contribution in [3.05, 3.63) is 30.6 Å². The minimum atomic E-state index is -1.08. The van der Waals surface area contributed by atoms with E-state index in [0.29, 0.717) is 0 Å². The molecule has 0 spiro atoms. The lowest BCUT2D eigenvalue weighted by Crippen LogP contribution is -2.00. The van der Waals surface area contributed by atoms with Gasteiger partial charge in [-0.3, -0.25) is 4.84 Å². The number of nitrogens with zero attached hydrogens (tertiary/aromatic N) is 12. The monoisotopic (exact) mass is 400 g/mol. The van der Waals surface area contributed by atoms with Crippen molar-refractivity contribution in [2.75, 3.05) is 0 Å². The summed E-state index contributed by atoms with van der Waals surface area (Å²) in [5, 5.41) is 68.6. The van der Waals surface area contributed by atoms with Gasteiger partial charge in [0.15, 0.2) is 0 Å². The van der Waals surface area contributed by atoms with E-state index in [1.54, 1.807) is 0 Å². The summed E-state index contributed by atoms with van der Waals surface area (Å²) in [6.45, 7) is 0. The van der Waals surface area contributed by atoms with Crippen LogP contribution in [0.3, 0.4) is 0 Å². The van der Waals surface area contributed by atoms with Gasteiger partial charge in [0.2, 0.25) is 20.6 Å². The smallest absolute Gasteiger partial charge is 0.515 e. The second-order valence-electron chi connectivity index (χ2n) is 4.05. The van der Waals surface area contributed by atoms with Crippen molar-refractivity contribution in [3.63, 3.8) is 0 Å². The molecular weight excluding hydrogens is 400 g/mol.